The van der Waals surface area contributed by atoms with E-state index in [0.29, 0.717) is 36.6 Å². The van der Waals surface area contributed by atoms with Crippen LogP contribution in [0.25, 0.3) is 0 Å². The molecule has 7 nitrogen and oxygen atoms in total. The zero-order valence-corrected chi connectivity index (χ0v) is 18.0. The molecule has 8 heteroatoms. The number of carbonyl (C=O) groups excluding carboxylic acids is 1. The lowest BCUT2D eigenvalue weighted by Gasteiger charge is -2.30. The summed E-state index contributed by atoms with van der Waals surface area (Å²) < 4.78 is 20.2. The van der Waals surface area contributed by atoms with E-state index in [1.54, 1.807) is 13.0 Å². The average Bonchev–Trinajstić information content (AvgIpc) is 2.98. The number of hydrogen-bond acceptors (Lipinski definition) is 5. The molecular formula is C23H32FN3O4. The first-order valence-electron chi connectivity index (χ1n) is 11.7. The predicted molar refractivity (Wildman–Crippen MR) is 110 cm³/mol. The Labute approximate surface area is 181 Å². The minimum absolute atomic E-state index is 0.0358. The third kappa shape index (κ3) is 3.47. The Bertz CT molecular complexity index is 867. The second-order valence-corrected chi connectivity index (χ2v) is 10.3. The topological polar surface area (TPSA) is 104 Å². The Morgan fingerprint density at radius 3 is 2.65 bits per heavy atom. The van der Waals surface area contributed by atoms with Crippen LogP contribution in [-0.4, -0.2) is 40.9 Å². The van der Waals surface area contributed by atoms with Gasteiger partial charge in [0.2, 0.25) is 5.91 Å². The molecular weight excluding hydrogens is 401 g/mol. The number of aromatic nitrogens is 1. The molecule has 2 heterocycles. The maximum absolute atomic E-state index is 15.1. The molecule has 0 radical (unpaired) electrons. The van der Waals surface area contributed by atoms with Crippen LogP contribution in [0.5, 0.6) is 0 Å². The predicted octanol–water partition coefficient (Wildman–Crippen LogP) is 2.83. The van der Waals surface area contributed by atoms with Crippen LogP contribution >= 0.6 is 0 Å². The smallest absolute Gasteiger partial charge is 0.307 e. The third-order valence-electron chi connectivity index (χ3n) is 8.77. The van der Waals surface area contributed by atoms with Crippen LogP contribution < -0.4 is 10.6 Å². The number of alkyl halides is 1. The fourth-order valence-corrected chi connectivity index (χ4v) is 7.37. The number of amides is 1. The SMILES string of the molecule is Cc1cc(CNC(=O)[C@H]2[C@H](C(=O)O)[C@H]3CC[C@@H]2C32CC2CCC2(F)CCNCC2)no1. The van der Waals surface area contributed by atoms with Crippen molar-refractivity contribution >= 4 is 11.9 Å². The molecule has 3 saturated carbocycles. The number of piperidine rings is 1. The molecule has 2 bridgehead atoms. The number of aryl methyl sites for hydroxylation is 1. The normalized spacial score (nSPS) is 37.8. The molecule has 4 fully saturated rings. The van der Waals surface area contributed by atoms with Gasteiger partial charge in [-0.3, -0.25) is 9.59 Å². The second-order valence-electron chi connectivity index (χ2n) is 10.3. The molecule has 31 heavy (non-hydrogen) atoms. The van der Waals surface area contributed by atoms with E-state index in [0.717, 1.165) is 38.8 Å². The number of rotatable bonds is 7. The number of hydrogen-bond donors (Lipinski definition) is 3. The molecule has 1 saturated heterocycles. The number of halogens is 1. The fourth-order valence-electron chi connectivity index (χ4n) is 7.37. The van der Waals surface area contributed by atoms with Crippen molar-refractivity contribution < 1.29 is 23.6 Å². The zero-order valence-electron chi connectivity index (χ0n) is 18.0. The van der Waals surface area contributed by atoms with E-state index in [4.69, 9.17) is 4.52 Å². The van der Waals surface area contributed by atoms with Gasteiger partial charge in [0.15, 0.2) is 0 Å². The van der Waals surface area contributed by atoms with Crippen molar-refractivity contribution in [1.82, 2.24) is 15.8 Å². The lowest BCUT2D eigenvalue weighted by Crippen LogP contribution is -2.41. The maximum Gasteiger partial charge on any atom is 0.307 e. The van der Waals surface area contributed by atoms with Crippen molar-refractivity contribution in [1.29, 1.82) is 0 Å². The highest BCUT2D eigenvalue weighted by Gasteiger charge is 2.75. The summed E-state index contributed by atoms with van der Waals surface area (Å²) >= 11 is 0. The molecule has 4 aliphatic rings. The third-order valence-corrected chi connectivity index (χ3v) is 8.77. The maximum atomic E-state index is 15.1. The van der Waals surface area contributed by atoms with Gasteiger partial charge in [-0.25, -0.2) is 4.39 Å². The van der Waals surface area contributed by atoms with Gasteiger partial charge in [0, 0.05) is 6.07 Å². The Balaban J connectivity index is 1.27. The molecule has 1 spiro atoms. The van der Waals surface area contributed by atoms with E-state index >= 15 is 4.39 Å². The van der Waals surface area contributed by atoms with Gasteiger partial charge in [-0.15, -0.1) is 0 Å². The van der Waals surface area contributed by atoms with E-state index < -0.39 is 23.5 Å². The summed E-state index contributed by atoms with van der Waals surface area (Å²) in [6.45, 7) is 3.49. The Morgan fingerprint density at radius 2 is 2.00 bits per heavy atom. The molecule has 2 unspecified atom stereocenters. The average molecular weight is 434 g/mol. The minimum atomic E-state index is -1.09. The molecule has 1 aliphatic heterocycles. The van der Waals surface area contributed by atoms with Crippen molar-refractivity contribution in [3.05, 3.63) is 17.5 Å². The van der Waals surface area contributed by atoms with Gasteiger partial charge < -0.3 is 20.3 Å². The van der Waals surface area contributed by atoms with Crippen molar-refractivity contribution in [2.75, 3.05) is 13.1 Å². The van der Waals surface area contributed by atoms with Crippen molar-refractivity contribution in [2.24, 2.45) is 35.0 Å². The monoisotopic (exact) mass is 433 g/mol. The number of nitrogens with zero attached hydrogens (tertiary/aromatic N) is 1. The summed E-state index contributed by atoms with van der Waals surface area (Å²) in [7, 11) is 0. The quantitative estimate of drug-likeness (QED) is 0.611. The van der Waals surface area contributed by atoms with Crippen LogP contribution in [0.1, 0.15) is 56.4 Å². The first-order valence-corrected chi connectivity index (χ1v) is 11.7. The van der Waals surface area contributed by atoms with Crippen LogP contribution in [0.4, 0.5) is 4.39 Å². The second kappa shape index (κ2) is 7.57. The molecule has 3 N–H and O–H groups in total. The number of nitrogens with one attached hydrogen (secondary N) is 2. The molecule has 1 aromatic heterocycles. The van der Waals surface area contributed by atoms with Gasteiger partial charge in [0.25, 0.3) is 0 Å². The summed E-state index contributed by atoms with van der Waals surface area (Å²) in [5, 5.41) is 20.0. The standard InChI is InChI=1S/C23H32FN3O4/c1-13-10-15(27-31-13)12-26-20(28)18-16-2-3-17(19(18)21(29)30)23(16)11-14(23)4-5-22(24)6-8-25-9-7-22/h10,14,16-19,25H,2-9,11-12H2,1H3,(H,26,28)(H,29,30)/t14?,16-,17+,18+,19+,23?/m0/s1. The lowest BCUT2D eigenvalue weighted by molar-refractivity contribution is -0.149. The molecule has 0 aromatic carbocycles. The van der Waals surface area contributed by atoms with Gasteiger partial charge in [0.1, 0.15) is 17.1 Å². The summed E-state index contributed by atoms with van der Waals surface area (Å²) in [5.74, 6) is -1.05. The first kappa shape index (κ1) is 20.9. The number of aliphatic carboxylic acids is 1. The van der Waals surface area contributed by atoms with Crippen LogP contribution in [-0.2, 0) is 16.1 Å². The van der Waals surface area contributed by atoms with Crippen LogP contribution in [0, 0.1) is 41.9 Å². The van der Waals surface area contributed by atoms with Gasteiger partial charge in [-0.2, -0.15) is 0 Å². The molecule has 170 valence electrons. The van der Waals surface area contributed by atoms with Gasteiger partial charge in [-0.1, -0.05) is 5.16 Å². The summed E-state index contributed by atoms with van der Waals surface area (Å²) in [6.07, 6.45) is 5.20. The molecule has 1 aromatic rings. The highest BCUT2D eigenvalue weighted by Crippen LogP contribution is 2.78. The molecule has 3 aliphatic carbocycles. The van der Waals surface area contributed by atoms with E-state index in [1.165, 1.54) is 0 Å². The number of carboxylic acid groups (broad SMARTS) is 1. The molecule has 6 atom stereocenters. The highest BCUT2D eigenvalue weighted by molar-refractivity contribution is 5.86. The van der Waals surface area contributed by atoms with E-state index in [-0.39, 0.29) is 29.7 Å². The number of carboxylic acids is 1. The Kier molecular flexibility index (Phi) is 5.11. The fraction of sp³-hybridized carbons (Fsp3) is 0.783. The van der Waals surface area contributed by atoms with Gasteiger partial charge >= 0.3 is 5.97 Å². The van der Waals surface area contributed by atoms with Crippen molar-refractivity contribution in [2.45, 2.75) is 64.1 Å². The van der Waals surface area contributed by atoms with E-state index in [9.17, 15) is 14.7 Å². The molecule has 5 rings (SSSR count). The summed E-state index contributed by atoms with van der Waals surface area (Å²) in [5.41, 5.74) is -0.528. The van der Waals surface area contributed by atoms with Gasteiger partial charge in [0.05, 0.1) is 18.4 Å². The van der Waals surface area contributed by atoms with Crippen LogP contribution in [0.2, 0.25) is 0 Å². The minimum Gasteiger partial charge on any atom is -0.481 e. The van der Waals surface area contributed by atoms with E-state index in [2.05, 4.69) is 15.8 Å². The Morgan fingerprint density at radius 1 is 1.29 bits per heavy atom. The van der Waals surface area contributed by atoms with Crippen LogP contribution in [0.15, 0.2) is 10.6 Å². The van der Waals surface area contributed by atoms with Gasteiger partial charge in [-0.05, 0) is 88.1 Å². The summed E-state index contributed by atoms with van der Waals surface area (Å²) in [6, 6.07) is 1.77. The van der Waals surface area contributed by atoms with Crippen molar-refractivity contribution in [3.63, 3.8) is 0 Å². The van der Waals surface area contributed by atoms with E-state index in [1.807, 2.05) is 0 Å². The highest BCUT2D eigenvalue weighted by atomic mass is 19.1. The largest absolute Gasteiger partial charge is 0.481 e. The van der Waals surface area contributed by atoms with Crippen molar-refractivity contribution in [3.8, 4) is 0 Å². The number of carbonyl (C=O) groups is 2. The first-order chi connectivity index (χ1) is 14.8. The zero-order chi connectivity index (χ0) is 21.8. The lowest BCUT2D eigenvalue weighted by atomic mass is 9.78. The summed E-state index contributed by atoms with van der Waals surface area (Å²) in [4.78, 5) is 25.3. The molecule has 1 amide bonds. The van der Waals surface area contributed by atoms with Crippen LogP contribution in [0.3, 0.4) is 0 Å². The Hall–Kier alpha value is -1.96.